The van der Waals surface area contributed by atoms with E-state index in [-0.39, 0.29) is 5.91 Å². The van der Waals surface area contributed by atoms with Gasteiger partial charge >= 0.3 is 0 Å². The molecule has 5 heteroatoms. The van der Waals surface area contributed by atoms with Gasteiger partial charge in [-0.05, 0) is 19.1 Å². The first kappa shape index (κ1) is 14.7. The van der Waals surface area contributed by atoms with Crippen molar-refractivity contribution in [2.75, 3.05) is 5.32 Å². The summed E-state index contributed by atoms with van der Waals surface area (Å²) >= 11 is 1.58. The summed E-state index contributed by atoms with van der Waals surface area (Å²) in [7, 11) is 0. The van der Waals surface area contributed by atoms with Crippen LogP contribution >= 0.6 is 11.8 Å². The number of benzene rings is 2. The Hall–Kier alpha value is -2.27. The molecule has 0 fully saturated rings. The molecule has 1 heterocycles. The van der Waals surface area contributed by atoms with Gasteiger partial charge in [0.15, 0.2) is 0 Å². The molecule has 2 N–H and O–H groups in total. The van der Waals surface area contributed by atoms with Gasteiger partial charge in [-0.2, -0.15) is 5.10 Å². The number of thioether (sulfide) groups is 1. The van der Waals surface area contributed by atoms with E-state index in [2.05, 4.69) is 15.8 Å². The third-order valence-electron chi connectivity index (χ3n) is 3.29. The fourth-order valence-corrected chi connectivity index (χ4v) is 3.31. The summed E-state index contributed by atoms with van der Waals surface area (Å²) in [5, 5.41) is 8.19. The van der Waals surface area contributed by atoms with Gasteiger partial charge in [-0.1, -0.05) is 60.3 Å². The molecule has 0 bridgehead atoms. The van der Waals surface area contributed by atoms with Crippen LogP contribution in [0.3, 0.4) is 0 Å². The topological polar surface area (TPSA) is 53.5 Å². The molecule has 0 aliphatic carbocycles. The SMILES string of the molecule is C[C@]1(CC(=O)Nc2ccccc2)NN=C(c2ccccc2)S1. The molecule has 3 rings (SSSR count). The van der Waals surface area contributed by atoms with Crippen LogP contribution in [0.25, 0.3) is 0 Å². The number of rotatable bonds is 4. The van der Waals surface area contributed by atoms with E-state index in [1.807, 2.05) is 67.6 Å². The van der Waals surface area contributed by atoms with Crippen molar-refractivity contribution in [3.8, 4) is 0 Å². The molecule has 0 radical (unpaired) electrons. The molecule has 1 amide bonds. The molecular formula is C17H17N3OS. The van der Waals surface area contributed by atoms with E-state index in [0.29, 0.717) is 6.42 Å². The second-order valence-corrected chi connectivity index (χ2v) is 6.81. The number of hydrogen-bond donors (Lipinski definition) is 2. The summed E-state index contributed by atoms with van der Waals surface area (Å²) in [4.78, 5) is 11.8. The second-order valence-electron chi connectivity index (χ2n) is 5.32. The second kappa shape index (κ2) is 6.23. The minimum Gasteiger partial charge on any atom is -0.326 e. The molecule has 2 aromatic carbocycles. The van der Waals surface area contributed by atoms with Crippen LogP contribution in [0.2, 0.25) is 0 Å². The first-order chi connectivity index (χ1) is 10.6. The van der Waals surface area contributed by atoms with Crippen LogP contribution in [0.1, 0.15) is 18.9 Å². The van der Waals surface area contributed by atoms with Crippen molar-refractivity contribution in [2.45, 2.75) is 18.2 Å². The molecule has 1 atom stereocenters. The Morgan fingerprint density at radius 2 is 1.77 bits per heavy atom. The highest BCUT2D eigenvalue weighted by Gasteiger charge is 2.34. The fourth-order valence-electron chi connectivity index (χ4n) is 2.24. The van der Waals surface area contributed by atoms with Crippen molar-refractivity contribution in [3.05, 3.63) is 66.2 Å². The summed E-state index contributed by atoms with van der Waals surface area (Å²) in [5.41, 5.74) is 4.96. The predicted molar refractivity (Wildman–Crippen MR) is 91.8 cm³/mol. The largest absolute Gasteiger partial charge is 0.326 e. The van der Waals surface area contributed by atoms with Crippen molar-refractivity contribution in [1.82, 2.24) is 5.43 Å². The maximum Gasteiger partial charge on any atom is 0.227 e. The van der Waals surface area contributed by atoms with Crippen LogP contribution < -0.4 is 10.7 Å². The standard InChI is InChI=1S/C17H17N3OS/c1-17(12-15(21)18-14-10-6-3-7-11-14)20-19-16(22-17)13-8-4-2-5-9-13/h2-11,20H,12H2,1H3,(H,18,21)/t17-/m0/s1. The lowest BCUT2D eigenvalue weighted by Gasteiger charge is -2.21. The lowest BCUT2D eigenvalue weighted by Crippen LogP contribution is -2.36. The fraction of sp³-hybridized carbons (Fsp3) is 0.176. The Kier molecular flexibility index (Phi) is 4.15. The van der Waals surface area contributed by atoms with Crippen LogP contribution in [-0.2, 0) is 4.79 Å². The van der Waals surface area contributed by atoms with Crippen LogP contribution in [-0.4, -0.2) is 15.8 Å². The highest BCUT2D eigenvalue weighted by Crippen LogP contribution is 2.34. The summed E-state index contributed by atoms with van der Waals surface area (Å²) < 4.78 is 0. The normalized spacial score (nSPS) is 20.1. The number of hydrazone groups is 1. The molecule has 1 aliphatic rings. The lowest BCUT2D eigenvalue weighted by atomic mass is 10.2. The number of nitrogens with one attached hydrogen (secondary N) is 2. The van der Waals surface area contributed by atoms with Crippen LogP contribution in [0, 0.1) is 0 Å². The van der Waals surface area contributed by atoms with Crippen molar-refractivity contribution in [2.24, 2.45) is 5.10 Å². The number of hydrogen-bond acceptors (Lipinski definition) is 4. The van der Waals surface area contributed by atoms with E-state index in [4.69, 9.17) is 0 Å². The van der Waals surface area contributed by atoms with E-state index in [0.717, 1.165) is 16.3 Å². The number of carbonyl (C=O) groups is 1. The van der Waals surface area contributed by atoms with Gasteiger partial charge in [0.1, 0.15) is 9.91 Å². The Labute approximate surface area is 134 Å². The van der Waals surface area contributed by atoms with Crippen molar-refractivity contribution < 1.29 is 4.79 Å². The smallest absolute Gasteiger partial charge is 0.227 e. The zero-order valence-corrected chi connectivity index (χ0v) is 13.1. The van der Waals surface area contributed by atoms with Gasteiger partial charge in [-0.25, -0.2) is 0 Å². The Morgan fingerprint density at radius 1 is 1.14 bits per heavy atom. The maximum atomic E-state index is 12.2. The Bertz CT molecular complexity index is 688. The highest BCUT2D eigenvalue weighted by molar-refractivity contribution is 8.15. The van der Waals surface area contributed by atoms with Crippen molar-refractivity contribution >= 4 is 28.4 Å². The van der Waals surface area contributed by atoms with Gasteiger partial charge < -0.3 is 5.32 Å². The molecule has 0 unspecified atom stereocenters. The third kappa shape index (κ3) is 3.49. The molecule has 22 heavy (non-hydrogen) atoms. The molecule has 1 aliphatic heterocycles. The highest BCUT2D eigenvalue weighted by atomic mass is 32.2. The summed E-state index contributed by atoms with van der Waals surface area (Å²) in [6.07, 6.45) is 0.340. The Balaban J connectivity index is 1.61. The Morgan fingerprint density at radius 3 is 2.45 bits per heavy atom. The maximum absolute atomic E-state index is 12.2. The van der Waals surface area contributed by atoms with Crippen LogP contribution in [0.5, 0.6) is 0 Å². The average molecular weight is 311 g/mol. The monoisotopic (exact) mass is 311 g/mol. The zero-order valence-electron chi connectivity index (χ0n) is 12.2. The van der Waals surface area contributed by atoms with Crippen LogP contribution in [0.15, 0.2) is 65.8 Å². The van der Waals surface area contributed by atoms with Crippen molar-refractivity contribution in [1.29, 1.82) is 0 Å². The summed E-state index contributed by atoms with van der Waals surface area (Å²) in [6.45, 7) is 1.99. The summed E-state index contributed by atoms with van der Waals surface area (Å²) in [6, 6.07) is 19.4. The van der Waals surface area contributed by atoms with Crippen molar-refractivity contribution in [3.63, 3.8) is 0 Å². The predicted octanol–water partition coefficient (Wildman–Crippen LogP) is 3.43. The van der Waals surface area contributed by atoms with E-state index in [1.54, 1.807) is 11.8 Å². The van der Waals surface area contributed by atoms with E-state index < -0.39 is 4.87 Å². The number of anilines is 1. The van der Waals surface area contributed by atoms with Gasteiger partial charge in [0.25, 0.3) is 0 Å². The molecule has 0 spiro atoms. The van der Waals surface area contributed by atoms with Gasteiger partial charge in [-0.3, -0.25) is 10.2 Å². The van der Waals surface area contributed by atoms with Gasteiger partial charge in [0.05, 0.1) is 6.42 Å². The molecule has 0 aromatic heterocycles. The molecule has 0 saturated heterocycles. The number of amides is 1. The quantitative estimate of drug-likeness (QED) is 0.909. The first-order valence-electron chi connectivity index (χ1n) is 7.09. The number of para-hydroxylation sites is 1. The molecule has 4 nitrogen and oxygen atoms in total. The lowest BCUT2D eigenvalue weighted by molar-refractivity contribution is -0.116. The molecule has 2 aromatic rings. The molecular weight excluding hydrogens is 294 g/mol. The van der Waals surface area contributed by atoms with Gasteiger partial charge in [0, 0.05) is 11.3 Å². The first-order valence-corrected chi connectivity index (χ1v) is 7.90. The van der Waals surface area contributed by atoms with Gasteiger partial charge in [0.2, 0.25) is 5.91 Å². The minimum atomic E-state index is -0.427. The number of carbonyl (C=O) groups excluding carboxylic acids is 1. The summed E-state index contributed by atoms with van der Waals surface area (Å²) in [5.74, 6) is -0.0294. The number of nitrogens with zero attached hydrogens (tertiary/aromatic N) is 1. The van der Waals surface area contributed by atoms with E-state index in [9.17, 15) is 4.79 Å². The molecule has 0 saturated carbocycles. The third-order valence-corrected chi connectivity index (χ3v) is 4.50. The van der Waals surface area contributed by atoms with E-state index >= 15 is 0 Å². The zero-order chi connectivity index (χ0) is 15.4. The van der Waals surface area contributed by atoms with Gasteiger partial charge in [-0.15, -0.1) is 0 Å². The average Bonchev–Trinajstić information content (AvgIpc) is 2.91. The minimum absolute atomic E-state index is 0.0294. The van der Waals surface area contributed by atoms with Crippen LogP contribution in [0.4, 0.5) is 5.69 Å². The van der Waals surface area contributed by atoms with E-state index in [1.165, 1.54) is 0 Å². The molecule has 112 valence electrons.